The fourth-order valence-corrected chi connectivity index (χ4v) is 3.70. The van der Waals surface area contributed by atoms with Crippen molar-refractivity contribution in [3.8, 4) is 0 Å². The first-order valence-corrected chi connectivity index (χ1v) is 8.79. The van der Waals surface area contributed by atoms with E-state index in [0.29, 0.717) is 19.0 Å². The largest absolute Gasteiger partial charge is 0.478 e. The van der Waals surface area contributed by atoms with Gasteiger partial charge in [-0.1, -0.05) is 25.8 Å². The van der Waals surface area contributed by atoms with Crippen molar-refractivity contribution in [1.82, 2.24) is 4.90 Å². The summed E-state index contributed by atoms with van der Waals surface area (Å²) in [4.78, 5) is 25.3. The van der Waals surface area contributed by atoms with Crippen molar-refractivity contribution in [2.24, 2.45) is 5.92 Å². The summed E-state index contributed by atoms with van der Waals surface area (Å²) in [6.07, 6.45) is 5.61. The summed E-state index contributed by atoms with van der Waals surface area (Å²) in [7, 11) is 0. The molecule has 1 aliphatic heterocycles. The third-order valence-electron chi connectivity index (χ3n) is 5.27. The van der Waals surface area contributed by atoms with Crippen molar-refractivity contribution in [3.05, 3.63) is 34.9 Å². The Morgan fingerprint density at radius 3 is 2.79 bits per heavy atom. The van der Waals surface area contributed by atoms with Gasteiger partial charge in [-0.3, -0.25) is 4.79 Å². The first-order valence-electron chi connectivity index (χ1n) is 8.79. The summed E-state index contributed by atoms with van der Waals surface area (Å²) in [5, 5.41) is 9.11. The number of carbonyl (C=O) groups is 2. The molecule has 0 spiro atoms. The van der Waals surface area contributed by atoms with Crippen LogP contribution in [-0.4, -0.2) is 41.1 Å². The Hall–Kier alpha value is -1.88. The molecule has 1 fully saturated rings. The second kappa shape index (κ2) is 7.34. The minimum absolute atomic E-state index is 0.000786. The zero-order valence-electron chi connectivity index (χ0n) is 14.2. The normalized spacial score (nSPS) is 23.6. The third kappa shape index (κ3) is 3.78. The van der Waals surface area contributed by atoms with Gasteiger partial charge in [-0.15, -0.1) is 0 Å². The van der Waals surface area contributed by atoms with E-state index in [1.165, 1.54) is 19.3 Å². The van der Waals surface area contributed by atoms with E-state index in [4.69, 9.17) is 9.84 Å². The highest BCUT2D eigenvalue weighted by Crippen LogP contribution is 2.26. The van der Waals surface area contributed by atoms with E-state index in [-0.39, 0.29) is 24.2 Å². The molecule has 1 aliphatic carbocycles. The smallest absolute Gasteiger partial charge is 0.335 e. The summed E-state index contributed by atoms with van der Waals surface area (Å²) in [6.45, 7) is 3.46. The fourth-order valence-electron chi connectivity index (χ4n) is 3.70. The zero-order valence-corrected chi connectivity index (χ0v) is 14.2. The molecule has 0 aromatic heterocycles. The van der Waals surface area contributed by atoms with Crippen LogP contribution in [-0.2, 0) is 22.5 Å². The summed E-state index contributed by atoms with van der Waals surface area (Å²) >= 11 is 0. The van der Waals surface area contributed by atoms with E-state index in [2.05, 4.69) is 6.92 Å². The number of nitrogens with zero attached hydrogens (tertiary/aromatic N) is 1. The van der Waals surface area contributed by atoms with Crippen molar-refractivity contribution in [1.29, 1.82) is 0 Å². The fraction of sp³-hybridized carbons (Fsp3) is 0.579. The molecule has 5 heteroatoms. The number of carboxylic acid groups (broad SMARTS) is 1. The van der Waals surface area contributed by atoms with Crippen molar-refractivity contribution in [3.63, 3.8) is 0 Å². The number of ether oxygens (including phenoxy) is 1. The Balaban J connectivity index is 1.59. The molecule has 1 heterocycles. The van der Waals surface area contributed by atoms with Gasteiger partial charge in [-0.05, 0) is 48.4 Å². The predicted octanol–water partition coefficient (Wildman–Crippen LogP) is 2.86. The number of benzene rings is 1. The number of rotatable bonds is 4. The van der Waals surface area contributed by atoms with Crippen LogP contribution in [0, 0.1) is 5.92 Å². The third-order valence-corrected chi connectivity index (χ3v) is 5.27. The average Bonchev–Trinajstić information content (AvgIpc) is 2.59. The maximum atomic E-state index is 12.5. The number of hydrogen-bond acceptors (Lipinski definition) is 3. The van der Waals surface area contributed by atoms with Crippen molar-refractivity contribution >= 4 is 11.9 Å². The highest BCUT2D eigenvalue weighted by Gasteiger charge is 2.25. The molecular weight excluding hydrogens is 306 g/mol. The molecule has 2 aliphatic rings. The number of aromatic carboxylic acids is 1. The first-order chi connectivity index (χ1) is 11.5. The van der Waals surface area contributed by atoms with Crippen LogP contribution in [0.3, 0.4) is 0 Å². The summed E-state index contributed by atoms with van der Waals surface area (Å²) < 4.78 is 5.87. The van der Waals surface area contributed by atoms with Gasteiger partial charge in [0, 0.05) is 13.1 Å². The van der Waals surface area contributed by atoms with E-state index in [1.807, 2.05) is 6.07 Å². The van der Waals surface area contributed by atoms with E-state index < -0.39 is 5.97 Å². The maximum Gasteiger partial charge on any atom is 0.335 e. The van der Waals surface area contributed by atoms with Crippen LogP contribution in [0.1, 0.15) is 54.1 Å². The zero-order chi connectivity index (χ0) is 17.1. The van der Waals surface area contributed by atoms with Crippen LogP contribution in [0.25, 0.3) is 0 Å². The predicted molar refractivity (Wildman–Crippen MR) is 89.9 cm³/mol. The molecule has 24 heavy (non-hydrogen) atoms. The van der Waals surface area contributed by atoms with Gasteiger partial charge < -0.3 is 14.7 Å². The minimum Gasteiger partial charge on any atom is -0.478 e. The van der Waals surface area contributed by atoms with Crippen LogP contribution in [0.15, 0.2) is 18.2 Å². The second-order valence-electron chi connectivity index (χ2n) is 6.97. The van der Waals surface area contributed by atoms with Crippen molar-refractivity contribution in [2.75, 3.05) is 13.2 Å². The quantitative estimate of drug-likeness (QED) is 0.921. The molecule has 2 atom stereocenters. The highest BCUT2D eigenvalue weighted by atomic mass is 16.5. The van der Waals surface area contributed by atoms with Gasteiger partial charge >= 0.3 is 5.97 Å². The molecule has 5 nitrogen and oxygen atoms in total. The lowest BCUT2D eigenvalue weighted by Gasteiger charge is -2.32. The second-order valence-corrected chi connectivity index (χ2v) is 6.97. The van der Waals surface area contributed by atoms with Gasteiger partial charge in [0.15, 0.2) is 0 Å². The Morgan fingerprint density at radius 2 is 2.04 bits per heavy atom. The Kier molecular flexibility index (Phi) is 5.19. The Bertz CT molecular complexity index is 628. The molecule has 1 aromatic carbocycles. The lowest BCUT2D eigenvalue weighted by Crippen LogP contribution is -2.39. The number of carbonyl (C=O) groups excluding carboxylic acids is 1. The standard InChI is InChI=1S/C19H25NO4/c1-13-4-2-3-5-17(13)24-12-18(21)20-9-8-14-6-7-15(19(22)23)10-16(14)11-20/h6-7,10,13,17H,2-5,8-9,11-12H2,1H3,(H,22,23). The molecule has 1 amide bonds. The lowest BCUT2D eigenvalue weighted by atomic mass is 9.88. The first kappa shape index (κ1) is 17.0. The summed E-state index contributed by atoms with van der Waals surface area (Å²) in [6, 6.07) is 5.17. The Labute approximate surface area is 142 Å². The SMILES string of the molecule is CC1CCCCC1OCC(=O)N1CCc2ccc(C(=O)O)cc2C1. The van der Waals surface area contributed by atoms with E-state index in [0.717, 1.165) is 24.0 Å². The van der Waals surface area contributed by atoms with E-state index >= 15 is 0 Å². The van der Waals surface area contributed by atoms with Crippen LogP contribution in [0.5, 0.6) is 0 Å². The van der Waals surface area contributed by atoms with Gasteiger partial charge in [0.2, 0.25) is 5.91 Å². The number of amides is 1. The number of fused-ring (bicyclic) bond motifs is 1. The molecule has 130 valence electrons. The van der Waals surface area contributed by atoms with Crippen molar-refractivity contribution in [2.45, 2.75) is 51.7 Å². The van der Waals surface area contributed by atoms with Crippen LogP contribution in [0.2, 0.25) is 0 Å². The van der Waals surface area contributed by atoms with Gasteiger partial charge in [-0.25, -0.2) is 4.79 Å². The van der Waals surface area contributed by atoms with E-state index in [1.54, 1.807) is 17.0 Å². The molecule has 0 radical (unpaired) electrons. The molecule has 2 unspecified atom stereocenters. The topological polar surface area (TPSA) is 66.8 Å². The summed E-state index contributed by atoms with van der Waals surface area (Å²) in [5.41, 5.74) is 2.33. The maximum absolute atomic E-state index is 12.5. The molecule has 0 bridgehead atoms. The van der Waals surface area contributed by atoms with Gasteiger partial charge in [0.1, 0.15) is 6.61 Å². The molecule has 0 saturated heterocycles. The molecule has 1 N–H and O–H groups in total. The van der Waals surface area contributed by atoms with Gasteiger partial charge in [-0.2, -0.15) is 0 Å². The lowest BCUT2D eigenvalue weighted by molar-refractivity contribution is -0.141. The highest BCUT2D eigenvalue weighted by molar-refractivity contribution is 5.88. The molecule has 1 aromatic rings. The molecule has 3 rings (SSSR count). The summed E-state index contributed by atoms with van der Waals surface area (Å²) in [5.74, 6) is -0.415. The van der Waals surface area contributed by atoms with Gasteiger partial charge in [0.05, 0.1) is 11.7 Å². The van der Waals surface area contributed by atoms with Crippen LogP contribution in [0.4, 0.5) is 0 Å². The van der Waals surface area contributed by atoms with E-state index in [9.17, 15) is 9.59 Å². The number of hydrogen-bond donors (Lipinski definition) is 1. The van der Waals surface area contributed by atoms with Crippen molar-refractivity contribution < 1.29 is 19.4 Å². The average molecular weight is 331 g/mol. The van der Waals surface area contributed by atoms with Crippen LogP contribution >= 0.6 is 0 Å². The molecular formula is C19H25NO4. The monoisotopic (exact) mass is 331 g/mol. The van der Waals surface area contributed by atoms with Crippen LogP contribution < -0.4 is 0 Å². The minimum atomic E-state index is -0.934. The van der Waals surface area contributed by atoms with Gasteiger partial charge in [0.25, 0.3) is 0 Å². The molecule has 1 saturated carbocycles. The number of carboxylic acids is 1. The Morgan fingerprint density at radius 1 is 1.25 bits per heavy atom.